The highest BCUT2D eigenvalue weighted by Gasteiger charge is 2.26. The molecule has 23 heavy (non-hydrogen) atoms. The van der Waals surface area contributed by atoms with Gasteiger partial charge in [-0.1, -0.05) is 18.6 Å². The predicted molar refractivity (Wildman–Crippen MR) is 92.0 cm³/mol. The lowest BCUT2D eigenvalue weighted by Crippen LogP contribution is -2.44. The molecular formula is C18H31N3O2. The first-order valence-electron chi connectivity index (χ1n) is 8.95. The van der Waals surface area contributed by atoms with E-state index in [0.29, 0.717) is 13.1 Å². The van der Waals surface area contributed by atoms with Gasteiger partial charge in [-0.3, -0.25) is 14.5 Å². The van der Waals surface area contributed by atoms with E-state index >= 15 is 0 Å². The molecule has 1 saturated heterocycles. The number of hydrogen-bond donors (Lipinski definition) is 1. The van der Waals surface area contributed by atoms with Gasteiger partial charge in [-0.05, 0) is 39.2 Å². The molecule has 2 rings (SSSR count). The van der Waals surface area contributed by atoms with Crippen molar-refractivity contribution in [2.24, 2.45) is 5.92 Å². The van der Waals surface area contributed by atoms with Crippen LogP contribution < -0.4 is 5.32 Å². The number of carbonyl (C=O) groups is 2. The van der Waals surface area contributed by atoms with Crippen LogP contribution in [0.5, 0.6) is 0 Å². The van der Waals surface area contributed by atoms with Crippen LogP contribution in [0.15, 0.2) is 11.6 Å². The van der Waals surface area contributed by atoms with Crippen molar-refractivity contribution in [3.05, 3.63) is 11.6 Å². The van der Waals surface area contributed by atoms with Crippen molar-refractivity contribution < 1.29 is 9.59 Å². The van der Waals surface area contributed by atoms with Crippen molar-refractivity contribution in [3.8, 4) is 0 Å². The van der Waals surface area contributed by atoms with Gasteiger partial charge in [-0.15, -0.1) is 0 Å². The van der Waals surface area contributed by atoms with Crippen LogP contribution >= 0.6 is 0 Å². The monoisotopic (exact) mass is 321 g/mol. The van der Waals surface area contributed by atoms with E-state index in [4.69, 9.17) is 0 Å². The number of rotatable bonds is 5. The summed E-state index contributed by atoms with van der Waals surface area (Å²) < 4.78 is 0. The quantitative estimate of drug-likeness (QED) is 0.786. The summed E-state index contributed by atoms with van der Waals surface area (Å²) in [5.74, 6) is 0.332. The van der Waals surface area contributed by atoms with Crippen molar-refractivity contribution in [1.29, 1.82) is 0 Å². The van der Waals surface area contributed by atoms with Crippen LogP contribution in [0.25, 0.3) is 0 Å². The molecule has 5 heteroatoms. The fourth-order valence-corrected chi connectivity index (χ4v) is 3.49. The third kappa shape index (κ3) is 5.34. The second-order valence-corrected chi connectivity index (χ2v) is 6.90. The van der Waals surface area contributed by atoms with Crippen molar-refractivity contribution >= 4 is 11.8 Å². The molecule has 0 spiro atoms. The number of hydrogen-bond acceptors (Lipinski definition) is 3. The van der Waals surface area contributed by atoms with Crippen LogP contribution in [0, 0.1) is 5.92 Å². The molecule has 0 aliphatic carbocycles. The second-order valence-electron chi connectivity index (χ2n) is 6.90. The molecule has 1 N–H and O–H groups in total. The molecule has 2 amide bonds. The number of piperidine rings is 1. The van der Waals surface area contributed by atoms with Crippen molar-refractivity contribution in [1.82, 2.24) is 15.1 Å². The second kappa shape index (κ2) is 8.48. The highest BCUT2D eigenvalue weighted by molar-refractivity contribution is 5.79. The van der Waals surface area contributed by atoms with E-state index < -0.39 is 0 Å². The third-order valence-corrected chi connectivity index (χ3v) is 5.10. The van der Waals surface area contributed by atoms with Crippen LogP contribution in [0.4, 0.5) is 0 Å². The Morgan fingerprint density at radius 3 is 2.52 bits per heavy atom. The van der Waals surface area contributed by atoms with E-state index in [0.717, 1.165) is 45.3 Å². The summed E-state index contributed by atoms with van der Waals surface area (Å²) in [6, 6.07) is 0.188. The number of likely N-dealkylation sites (N-methyl/N-ethyl adjacent to an activating group) is 1. The molecule has 0 bridgehead atoms. The summed E-state index contributed by atoms with van der Waals surface area (Å²) >= 11 is 0. The first-order valence-corrected chi connectivity index (χ1v) is 8.95. The standard InChI is InChI=1S/C18H31N3O2/c1-4-20-9-5-16(6-10-20)13-14(2)19-18(23)17-7-11-21(12-8-17)15(3)22/h5,14,17H,4,6-13H2,1-3H3,(H,19,23)/t14-/m1/s1. The minimum absolute atomic E-state index is 0.0592. The normalized spacial score (nSPS) is 21.7. The van der Waals surface area contributed by atoms with Gasteiger partial charge in [0.2, 0.25) is 11.8 Å². The molecule has 2 aliphatic heterocycles. The van der Waals surface area contributed by atoms with E-state index in [2.05, 4.69) is 30.1 Å². The smallest absolute Gasteiger partial charge is 0.223 e. The Kier molecular flexibility index (Phi) is 6.63. The topological polar surface area (TPSA) is 52.7 Å². The lowest BCUT2D eigenvalue weighted by Gasteiger charge is -2.31. The fraction of sp³-hybridized carbons (Fsp3) is 0.778. The lowest BCUT2D eigenvalue weighted by molar-refractivity contribution is -0.134. The van der Waals surface area contributed by atoms with Crippen molar-refractivity contribution in [3.63, 3.8) is 0 Å². The molecule has 1 atom stereocenters. The van der Waals surface area contributed by atoms with E-state index in [1.165, 1.54) is 5.57 Å². The molecule has 0 aromatic rings. The zero-order valence-electron chi connectivity index (χ0n) is 14.8. The summed E-state index contributed by atoms with van der Waals surface area (Å²) in [6.07, 6.45) is 5.96. The average Bonchev–Trinajstić information content (AvgIpc) is 2.55. The van der Waals surface area contributed by atoms with Crippen molar-refractivity contribution in [2.45, 2.75) is 52.5 Å². The maximum Gasteiger partial charge on any atom is 0.223 e. The molecule has 0 unspecified atom stereocenters. The van der Waals surface area contributed by atoms with Gasteiger partial charge in [-0.25, -0.2) is 0 Å². The molecule has 0 radical (unpaired) electrons. The molecule has 2 heterocycles. The highest BCUT2D eigenvalue weighted by atomic mass is 16.2. The Labute approximate surface area is 140 Å². The first-order chi connectivity index (χ1) is 11.0. The number of carbonyl (C=O) groups excluding carboxylic acids is 2. The maximum atomic E-state index is 12.4. The summed E-state index contributed by atoms with van der Waals surface area (Å²) in [5, 5.41) is 3.17. The Morgan fingerprint density at radius 2 is 2.00 bits per heavy atom. The molecule has 130 valence electrons. The minimum atomic E-state index is 0.0592. The van der Waals surface area contributed by atoms with Crippen LogP contribution in [-0.2, 0) is 9.59 Å². The van der Waals surface area contributed by atoms with Gasteiger partial charge in [0.15, 0.2) is 0 Å². The van der Waals surface area contributed by atoms with E-state index in [-0.39, 0.29) is 23.8 Å². The fourth-order valence-electron chi connectivity index (χ4n) is 3.49. The van der Waals surface area contributed by atoms with Crippen LogP contribution in [-0.4, -0.2) is 60.4 Å². The molecule has 0 aromatic heterocycles. The Morgan fingerprint density at radius 1 is 1.30 bits per heavy atom. The molecular weight excluding hydrogens is 290 g/mol. The van der Waals surface area contributed by atoms with Crippen LogP contribution in [0.3, 0.4) is 0 Å². The van der Waals surface area contributed by atoms with E-state index in [1.54, 1.807) is 6.92 Å². The van der Waals surface area contributed by atoms with Gasteiger partial charge >= 0.3 is 0 Å². The zero-order chi connectivity index (χ0) is 16.8. The maximum absolute atomic E-state index is 12.4. The number of likely N-dealkylation sites (tertiary alicyclic amines) is 1. The number of amides is 2. The van der Waals surface area contributed by atoms with Gasteiger partial charge in [0.05, 0.1) is 0 Å². The Bertz CT molecular complexity index is 453. The van der Waals surface area contributed by atoms with Crippen LogP contribution in [0.1, 0.15) is 46.5 Å². The zero-order valence-corrected chi connectivity index (χ0v) is 14.8. The first kappa shape index (κ1) is 18.0. The van der Waals surface area contributed by atoms with Crippen LogP contribution in [0.2, 0.25) is 0 Å². The summed E-state index contributed by atoms with van der Waals surface area (Å²) in [7, 11) is 0. The van der Waals surface area contributed by atoms with Gasteiger partial charge in [-0.2, -0.15) is 0 Å². The largest absolute Gasteiger partial charge is 0.353 e. The average molecular weight is 321 g/mol. The lowest BCUT2D eigenvalue weighted by atomic mass is 9.94. The summed E-state index contributed by atoms with van der Waals surface area (Å²) in [5.41, 5.74) is 1.47. The Hall–Kier alpha value is -1.36. The van der Waals surface area contributed by atoms with Gasteiger partial charge in [0.25, 0.3) is 0 Å². The third-order valence-electron chi connectivity index (χ3n) is 5.10. The van der Waals surface area contributed by atoms with E-state index in [9.17, 15) is 9.59 Å². The van der Waals surface area contributed by atoms with Gasteiger partial charge < -0.3 is 10.2 Å². The molecule has 2 aliphatic rings. The minimum Gasteiger partial charge on any atom is -0.353 e. The SMILES string of the molecule is CCN1CC=C(C[C@@H](C)NC(=O)C2CCN(C(C)=O)CC2)CC1. The van der Waals surface area contributed by atoms with Crippen molar-refractivity contribution in [2.75, 3.05) is 32.7 Å². The highest BCUT2D eigenvalue weighted by Crippen LogP contribution is 2.19. The van der Waals surface area contributed by atoms with E-state index in [1.807, 2.05) is 4.90 Å². The van der Waals surface area contributed by atoms with Gasteiger partial charge in [0.1, 0.15) is 0 Å². The number of nitrogens with one attached hydrogen (secondary N) is 1. The molecule has 0 aromatic carbocycles. The predicted octanol–water partition coefficient (Wildman–Crippen LogP) is 1.79. The van der Waals surface area contributed by atoms with Gasteiger partial charge in [0, 0.05) is 45.1 Å². The molecule has 1 fully saturated rings. The Balaban J connectivity index is 1.73. The summed E-state index contributed by atoms with van der Waals surface area (Å²) in [6.45, 7) is 10.6. The molecule has 5 nitrogen and oxygen atoms in total. The molecule has 0 saturated carbocycles. The summed E-state index contributed by atoms with van der Waals surface area (Å²) in [4.78, 5) is 28.0. The number of nitrogens with zero attached hydrogens (tertiary/aromatic N) is 2.